The van der Waals surface area contributed by atoms with E-state index in [1.807, 2.05) is 42.8 Å². The first-order valence-electron chi connectivity index (χ1n) is 5.71. The topological polar surface area (TPSA) is 55.1 Å². The van der Waals surface area contributed by atoms with Crippen LogP contribution in [0.1, 0.15) is 17.0 Å². The molecule has 0 spiro atoms. The highest BCUT2D eigenvalue weighted by Crippen LogP contribution is 2.23. The van der Waals surface area contributed by atoms with Crippen LogP contribution in [-0.4, -0.2) is 20.9 Å². The second kappa shape index (κ2) is 5.40. The zero-order valence-corrected chi connectivity index (χ0v) is 12.2. The molecule has 2 rings (SSSR count). The number of rotatable bonds is 3. The molecule has 98 valence electrons. The molecule has 0 fully saturated rings. The molecule has 0 saturated carbocycles. The van der Waals surface area contributed by atoms with E-state index in [0.717, 1.165) is 33.2 Å². The maximum atomic E-state index is 10.5. The molecule has 1 aromatic carbocycles. The van der Waals surface area contributed by atoms with Crippen molar-refractivity contribution in [2.45, 2.75) is 13.8 Å². The minimum absolute atomic E-state index is 0.813. The van der Waals surface area contributed by atoms with Crippen LogP contribution in [0, 0.1) is 13.8 Å². The third-order valence-corrected chi connectivity index (χ3v) is 3.33. The van der Waals surface area contributed by atoms with Crippen molar-refractivity contribution in [2.75, 3.05) is 0 Å². The first-order valence-corrected chi connectivity index (χ1v) is 6.51. The molecule has 0 aliphatic carbocycles. The van der Waals surface area contributed by atoms with Gasteiger partial charge in [0.25, 0.3) is 0 Å². The Morgan fingerprint density at radius 1 is 1.37 bits per heavy atom. The van der Waals surface area contributed by atoms with E-state index in [-0.39, 0.29) is 0 Å². The Hall–Kier alpha value is -1.88. The highest BCUT2D eigenvalue weighted by atomic mass is 79.9. The van der Waals surface area contributed by atoms with Crippen molar-refractivity contribution in [1.29, 1.82) is 0 Å². The van der Waals surface area contributed by atoms with Gasteiger partial charge in [0.15, 0.2) is 0 Å². The number of aliphatic carboxylic acids is 1. The van der Waals surface area contributed by atoms with E-state index < -0.39 is 5.97 Å². The average Bonchev–Trinajstić information content (AvgIpc) is 2.66. The lowest BCUT2D eigenvalue weighted by atomic mass is 10.2. The first-order chi connectivity index (χ1) is 8.97. The lowest BCUT2D eigenvalue weighted by Gasteiger charge is -2.06. The summed E-state index contributed by atoms with van der Waals surface area (Å²) in [5.74, 6) is -0.963. The van der Waals surface area contributed by atoms with Crippen molar-refractivity contribution in [3.8, 4) is 5.69 Å². The molecule has 2 aromatic rings. The fourth-order valence-corrected chi connectivity index (χ4v) is 2.33. The van der Waals surface area contributed by atoms with Gasteiger partial charge < -0.3 is 5.11 Å². The molecule has 0 amide bonds. The smallest absolute Gasteiger partial charge is 0.328 e. The van der Waals surface area contributed by atoms with Crippen LogP contribution in [0.25, 0.3) is 11.8 Å². The van der Waals surface area contributed by atoms with E-state index >= 15 is 0 Å². The maximum absolute atomic E-state index is 10.5. The van der Waals surface area contributed by atoms with Crippen molar-refractivity contribution < 1.29 is 9.90 Å². The molecule has 1 heterocycles. The van der Waals surface area contributed by atoms with Crippen LogP contribution >= 0.6 is 15.9 Å². The zero-order valence-electron chi connectivity index (χ0n) is 10.6. The summed E-state index contributed by atoms with van der Waals surface area (Å²) >= 11 is 3.44. The molecule has 1 N–H and O–H groups in total. The summed E-state index contributed by atoms with van der Waals surface area (Å²) in [4.78, 5) is 10.5. The second-order valence-corrected chi connectivity index (χ2v) is 5.07. The summed E-state index contributed by atoms with van der Waals surface area (Å²) < 4.78 is 2.68. The van der Waals surface area contributed by atoms with Gasteiger partial charge in [-0.25, -0.2) is 9.48 Å². The van der Waals surface area contributed by atoms with Crippen LogP contribution in [0.15, 0.2) is 34.8 Å². The molecule has 5 heteroatoms. The van der Waals surface area contributed by atoms with Gasteiger partial charge in [-0.05, 0) is 43.7 Å². The summed E-state index contributed by atoms with van der Waals surface area (Å²) in [7, 11) is 0. The van der Waals surface area contributed by atoms with Crippen LogP contribution < -0.4 is 0 Å². The Morgan fingerprint density at radius 2 is 2.11 bits per heavy atom. The molecule has 0 bridgehead atoms. The van der Waals surface area contributed by atoms with Gasteiger partial charge >= 0.3 is 5.97 Å². The number of aromatic nitrogens is 2. The molecular weight excluding hydrogens is 308 g/mol. The molecule has 0 aliphatic rings. The number of nitrogens with zero attached hydrogens (tertiary/aromatic N) is 2. The molecular formula is C14H13BrN2O2. The first kappa shape index (κ1) is 13.5. The summed E-state index contributed by atoms with van der Waals surface area (Å²) in [5, 5.41) is 13.0. The number of benzene rings is 1. The third-order valence-electron chi connectivity index (χ3n) is 2.64. The molecule has 0 aliphatic heterocycles. The number of carboxylic acids is 1. The van der Waals surface area contributed by atoms with E-state index in [2.05, 4.69) is 21.0 Å². The van der Waals surface area contributed by atoms with E-state index in [1.54, 1.807) is 6.08 Å². The summed E-state index contributed by atoms with van der Waals surface area (Å²) in [5.41, 5.74) is 3.76. The maximum Gasteiger partial charge on any atom is 0.328 e. The van der Waals surface area contributed by atoms with Gasteiger partial charge in [-0.1, -0.05) is 22.0 Å². The molecule has 0 atom stereocenters. The van der Waals surface area contributed by atoms with Gasteiger partial charge in [0, 0.05) is 16.2 Å². The number of hydrogen-bond donors (Lipinski definition) is 1. The van der Waals surface area contributed by atoms with Crippen molar-refractivity contribution >= 4 is 28.0 Å². The third kappa shape index (κ3) is 3.12. The molecule has 0 radical (unpaired) electrons. The standard InChI is InChI=1S/C14H13BrN2O2/c1-9-7-10(2)17(16-9)12-5-3-11(13(15)8-12)4-6-14(18)19/h3-8H,1-2H3,(H,18,19)/b6-4+. The molecule has 1 aromatic heterocycles. The minimum Gasteiger partial charge on any atom is -0.478 e. The second-order valence-electron chi connectivity index (χ2n) is 4.22. The number of halogens is 1. The van der Waals surface area contributed by atoms with Gasteiger partial charge in [-0.2, -0.15) is 5.10 Å². The number of aryl methyl sites for hydroxylation is 2. The predicted octanol–water partition coefficient (Wildman–Crippen LogP) is 3.35. The highest BCUT2D eigenvalue weighted by molar-refractivity contribution is 9.10. The van der Waals surface area contributed by atoms with Crippen molar-refractivity contribution in [1.82, 2.24) is 9.78 Å². The Morgan fingerprint density at radius 3 is 2.63 bits per heavy atom. The van der Waals surface area contributed by atoms with Gasteiger partial charge in [-0.15, -0.1) is 0 Å². The fraction of sp³-hybridized carbons (Fsp3) is 0.143. The van der Waals surface area contributed by atoms with Crippen LogP contribution in [0.5, 0.6) is 0 Å². The largest absolute Gasteiger partial charge is 0.478 e. The van der Waals surface area contributed by atoms with E-state index in [4.69, 9.17) is 5.11 Å². The van der Waals surface area contributed by atoms with Crippen LogP contribution in [0.3, 0.4) is 0 Å². The molecule has 19 heavy (non-hydrogen) atoms. The SMILES string of the molecule is Cc1cc(C)n(-c2ccc(/C=C/C(=O)O)c(Br)c2)n1. The number of carboxylic acid groups (broad SMARTS) is 1. The Bertz CT molecular complexity index is 659. The lowest BCUT2D eigenvalue weighted by molar-refractivity contribution is -0.131. The predicted molar refractivity (Wildman–Crippen MR) is 77.4 cm³/mol. The summed E-state index contributed by atoms with van der Waals surface area (Å²) in [6, 6.07) is 7.69. The van der Waals surface area contributed by atoms with Crippen molar-refractivity contribution in [2.24, 2.45) is 0 Å². The Labute approximate surface area is 119 Å². The lowest BCUT2D eigenvalue weighted by Crippen LogP contribution is -1.99. The monoisotopic (exact) mass is 320 g/mol. The number of hydrogen-bond acceptors (Lipinski definition) is 2. The van der Waals surface area contributed by atoms with Gasteiger partial charge in [-0.3, -0.25) is 0 Å². The van der Waals surface area contributed by atoms with Crippen LogP contribution in [0.4, 0.5) is 0 Å². The van der Waals surface area contributed by atoms with Gasteiger partial charge in [0.05, 0.1) is 11.4 Å². The molecule has 0 saturated heterocycles. The van der Waals surface area contributed by atoms with Gasteiger partial charge in [0.2, 0.25) is 0 Å². The van der Waals surface area contributed by atoms with Crippen LogP contribution in [-0.2, 0) is 4.79 Å². The number of carbonyl (C=O) groups is 1. The van der Waals surface area contributed by atoms with E-state index in [9.17, 15) is 4.79 Å². The van der Waals surface area contributed by atoms with E-state index in [1.165, 1.54) is 0 Å². The summed E-state index contributed by atoms with van der Waals surface area (Å²) in [6.07, 6.45) is 2.67. The minimum atomic E-state index is -0.963. The Balaban J connectivity index is 2.39. The van der Waals surface area contributed by atoms with Crippen molar-refractivity contribution in [3.05, 3.63) is 51.8 Å². The molecule has 4 nitrogen and oxygen atoms in total. The fourth-order valence-electron chi connectivity index (χ4n) is 1.83. The summed E-state index contributed by atoms with van der Waals surface area (Å²) in [6.45, 7) is 3.94. The molecule has 0 unspecified atom stereocenters. The highest BCUT2D eigenvalue weighted by Gasteiger charge is 2.05. The Kier molecular flexibility index (Phi) is 3.85. The van der Waals surface area contributed by atoms with Crippen molar-refractivity contribution in [3.63, 3.8) is 0 Å². The van der Waals surface area contributed by atoms with Gasteiger partial charge in [0.1, 0.15) is 0 Å². The quantitative estimate of drug-likeness (QED) is 0.882. The average molecular weight is 321 g/mol. The van der Waals surface area contributed by atoms with Crippen LogP contribution in [0.2, 0.25) is 0 Å². The van der Waals surface area contributed by atoms with E-state index in [0.29, 0.717) is 0 Å². The normalized spacial score (nSPS) is 11.1. The zero-order chi connectivity index (χ0) is 14.0.